The second-order valence-corrected chi connectivity index (χ2v) is 8.40. The standard InChI is InChI=1S/C24H26N2O4/c1-5-30-23(29)24(4)19-18(20(25-24)17-9-7-6-8-15(17)3)21(27)26(22(19)28)16-12-10-14(2)11-13-16/h6-13,18-20,25H,5H2,1-4H3/p+1/t18-,19+,20-,24-/m0/s1. The van der Waals surface area contributed by atoms with E-state index in [1.165, 1.54) is 4.90 Å². The van der Waals surface area contributed by atoms with Crippen LogP contribution in [0.4, 0.5) is 5.69 Å². The normalized spacial score (nSPS) is 28.0. The highest BCUT2D eigenvalue weighted by Gasteiger charge is 2.71. The number of quaternary nitrogens is 1. The number of anilines is 1. The Bertz CT molecular complexity index is 1020. The Balaban J connectivity index is 1.83. The molecule has 0 unspecified atom stereocenters. The molecule has 0 aliphatic carbocycles. The van der Waals surface area contributed by atoms with Gasteiger partial charge in [0.2, 0.25) is 17.4 Å². The van der Waals surface area contributed by atoms with Gasteiger partial charge in [-0.2, -0.15) is 0 Å². The lowest BCUT2D eigenvalue weighted by atomic mass is 9.80. The van der Waals surface area contributed by atoms with E-state index in [0.29, 0.717) is 5.69 Å². The lowest BCUT2D eigenvalue weighted by molar-refractivity contribution is -0.731. The fourth-order valence-electron chi connectivity index (χ4n) is 4.94. The molecule has 2 N–H and O–H groups in total. The number of esters is 1. The number of nitrogens with zero attached hydrogens (tertiary/aromatic N) is 1. The molecule has 156 valence electrons. The van der Waals surface area contributed by atoms with Gasteiger partial charge in [0.1, 0.15) is 17.9 Å². The SMILES string of the molecule is CCOC(=O)[C@@]1(C)[NH2+][C@@H](c2ccccc2C)[C@H]2C(=O)N(c3ccc(C)cc3)C(=O)[C@@H]21. The summed E-state index contributed by atoms with van der Waals surface area (Å²) in [5.41, 5.74) is 2.41. The summed E-state index contributed by atoms with van der Waals surface area (Å²) >= 11 is 0. The quantitative estimate of drug-likeness (QED) is 0.621. The molecule has 0 spiro atoms. The van der Waals surface area contributed by atoms with Crippen LogP contribution in [-0.4, -0.2) is 29.9 Å². The predicted molar refractivity (Wildman–Crippen MR) is 112 cm³/mol. The van der Waals surface area contributed by atoms with Gasteiger partial charge in [-0.25, -0.2) is 9.69 Å². The first-order valence-electron chi connectivity index (χ1n) is 10.3. The van der Waals surface area contributed by atoms with Crippen LogP contribution in [0.2, 0.25) is 0 Å². The number of hydrogen-bond acceptors (Lipinski definition) is 4. The fourth-order valence-corrected chi connectivity index (χ4v) is 4.94. The topological polar surface area (TPSA) is 80.3 Å². The Hall–Kier alpha value is -2.99. The molecule has 6 nitrogen and oxygen atoms in total. The smallest absolute Gasteiger partial charge is 0.368 e. The van der Waals surface area contributed by atoms with Gasteiger partial charge in [0, 0.05) is 12.5 Å². The second kappa shape index (κ2) is 7.36. The molecule has 6 heteroatoms. The molecular formula is C24H27N2O4+. The van der Waals surface area contributed by atoms with E-state index < -0.39 is 23.3 Å². The molecule has 0 radical (unpaired) electrons. The minimum atomic E-state index is -1.17. The lowest BCUT2D eigenvalue weighted by Crippen LogP contribution is -2.97. The molecule has 0 saturated carbocycles. The predicted octanol–water partition coefficient (Wildman–Crippen LogP) is 2.05. The van der Waals surface area contributed by atoms with Crippen molar-refractivity contribution in [3.63, 3.8) is 0 Å². The number of rotatable bonds is 4. The van der Waals surface area contributed by atoms with Gasteiger partial charge in [0.15, 0.2) is 0 Å². The van der Waals surface area contributed by atoms with E-state index in [-0.39, 0.29) is 24.5 Å². The highest BCUT2D eigenvalue weighted by molar-refractivity contribution is 6.23. The van der Waals surface area contributed by atoms with Gasteiger partial charge < -0.3 is 10.1 Å². The summed E-state index contributed by atoms with van der Waals surface area (Å²) < 4.78 is 5.34. The molecule has 30 heavy (non-hydrogen) atoms. The fraction of sp³-hybridized carbons (Fsp3) is 0.375. The first kappa shape index (κ1) is 20.3. The number of aryl methyl sites for hydroxylation is 2. The summed E-state index contributed by atoms with van der Waals surface area (Å²) in [6.07, 6.45) is 0. The molecule has 2 heterocycles. The second-order valence-electron chi connectivity index (χ2n) is 8.40. The number of benzene rings is 2. The van der Waals surface area contributed by atoms with E-state index in [9.17, 15) is 14.4 Å². The Morgan fingerprint density at radius 3 is 2.37 bits per heavy atom. The molecule has 2 aromatic rings. The molecule has 4 atom stereocenters. The van der Waals surface area contributed by atoms with Crippen molar-refractivity contribution < 1.29 is 24.4 Å². The maximum absolute atomic E-state index is 13.6. The third kappa shape index (κ3) is 2.94. The molecule has 4 rings (SSSR count). The van der Waals surface area contributed by atoms with Crippen molar-refractivity contribution in [1.82, 2.24) is 0 Å². The molecular weight excluding hydrogens is 380 g/mol. The molecule has 0 bridgehead atoms. The first-order valence-corrected chi connectivity index (χ1v) is 10.3. The van der Waals surface area contributed by atoms with E-state index in [4.69, 9.17) is 4.74 Å². The molecule has 2 aliphatic heterocycles. The van der Waals surface area contributed by atoms with Gasteiger partial charge in [0.25, 0.3) is 0 Å². The summed E-state index contributed by atoms with van der Waals surface area (Å²) in [7, 11) is 0. The maximum atomic E-state index is 13.6. The number of ether oxygens (including phenoxy) is 1. The Morgan fingerprint density at radius 2 is 1.73 bits per heavy atom. The summed E-state index contributed by atoms with van der Waals surface area (Å²) in [5.74, 6) is -2.46. The molecule has 2 amide bonds. The summed E-state index contributed by atoms with van der Waals surface area (Å²) in [6, 6.07) is 14.8. The summed E-state index contributed by atoms with van der Waals surface area (Å²) in [6.45, 7) is 7.63. The maximum Gasteiger partial charge on any atom is 0.368 e. The van der Waals surface area contributed by atoms with Crippen LogP contribution in [0.5, 0.6) is 0 Å². The number of nitrogens with two attached hydrogens (primary N) is 1. The van der Waals surface area contributed by atoms with Gasteiger partial charge in [0.05, 0.1) is 12.3 Å². The number of hydrogen-bond donors (Lipinski definition) is 1. The molecule has 2 aromatic carbocycles. The van der Waals surface area contributed by atoms with E-state index in [0.717, 1.165) is 16.7 Å². The minimum absolute atomic E-state index is 0.221. The van der Waals surface area contributed by atoms with Gasteiger partial charge in [-0.3, -0.25) is 9.59 Å². The Morgan fingerprint density at radius 1 is 1.07 bits per heavy atom. The zero-order valence-corrected chi connectivity index (χ0v) is 17.7. The van der Waals surface area contributed by atoms with Crippen molar-refractivity contribution in [2.75, 3.05) is 11.5 Å². The van der Waals surface area contributed by atoms with Crippen LogP contribution < -0.4 is 10.2 Å². The van der Waals surface area contributed by atoms with Crippen LogP contribution in [0.15, 0.2) is 48.5 Å². The Labute approximate surface area is 176 Å². The number of fused-ring (bicyclic) bond motifs is 1. The van der Waals surface area contributed by atoms with Crippen LogP contribution in [0.25, 0.3) is 0 Å². The monoisotopic (exact) mass is 407 g/mol. The van der Waals surface area contributed by atoms with Gasteiger partial charge in [-0.15, -0.1) is 0 Å². The lowest BCUT2D eigenvalue weighted by Gasteiger charge is -2.26. The minimum Gasteiger partial charge on any atom is -0.461 e. The molecule has 0 aromatic heterocycles. The molecule has 2 saturated heterocycles. The average molecular weight is 407 g/mol. The van der Waals surface area contributed by atoms with Gasteiger partial charge in [-0.1, -0.05) is 42.0 Å². The third-order valence-electron chi connectivity index (χ3n) is 6.46. The number of imide groups is 1. The van der Waals surface area contributed by atoms with Crippen molar-refractivity contribution in [1.29, 1.82) is 0 Å². The van der Waals surface area contributed by atoms with Crippen LogP contribution >= 0.6 is 0 Å². The largest absolute Gasteiger partial charge is 0.461 e. The van der Waals surface area contributed by atoms with Crippen LogP contribution in [0.3, 0.4) is 0 Å². The van der Waals surface area contributed by atoms with E-state index in [1.54, 1.807) is 26.0 Å². The molecule has 2 fully saturated rings. The number of carbonyl (C=O) groups is 3. The van der Waals surface area contributed by atoms with Crippen molar-refractivity contribution in [3.05, 3.63) is 65.2 Å². The highest BCUT2D eigenvalue weighted by Crippen LogP contribution is 2.46. The van der Waals surface area contributed by atoms with E-state index >= 15 is 0 Å². The van der Waals surface area contributed by atoms with Crippen molar-refractivity contribution in [2.45, 2.75) is 39.3 Å². The number of carbonyl (C=O) groups excluding carboxylic acids is 3. The van der Waals surface area contributed by atoms with Crippen molar-refractivity contribution in [3.8, 4) is 0 Å². The van der Waals surface area contributed by atoms with Gasteiger partial charge >= 0.3 is 5.97 Å². The van der Waals surface area contributed by atoms with Crippen LogP contribution in [0.1, 0.15) is 36.6 Å². The first-order chi connectivity index (χ1) is 14.3. The van der Waals surface area contributed by atoms with Gasteiger partial charge in [-0.05, 0) is 38.5 Å². The summed E-state index contributed by atoms with van der Waals surface area (Å²) in [4.78, 5) is 41.4. The molecule has 2 aliphatic rings. The van der Waals surface area contributed by atoms with Crippen molar-refractivity contribution >= 4 is 23.5 Å². The number of amides is 2. The zero-order valence-electron chi connectivity index (χ0n) is 17.7. The zero-order chi connectivity index (χ0) is 21.6. The highest BCUT2D eigenvalue weighted by atomic mass is 16.5. The van der Waals surface area contributed by atoms with E-state index in [2.05, 4.69) is 0 Å². The Kier molecular flexibility index (Phi) is 4.98. The van der Waals surface area contributed by atoms with Crippen LogP contribution in [-0.2, 0) is 19.1 Å². The average Bonchev–Trinajstić information content (AvgIpc) is 3.17. The third-order valence-corrected chi connectivity index (χ3v) is 6.46. The van der Waals surface area contributed by atoms with Crippen LogP contribution in [0, 0.1) is 25.7 Å². The van der Waals surface area contributed by atoms with Crippen molar-refractivity contribution in [2.24, 2.45) is 11.8 Å². The summed E-state index contributed by atoms with van der Waals surface area (Å²) in [5, 5.41) is 1.87. The van der Waals surface area contributed by atoms with E-state index in [1.807, 2.05) is 55.6 Å².